The van der Waals surface area contributed by atoms with Crippen molar-refractivity contribution in [3.05, 3.63) is 41.5 Å². The lowest BCUT2D eigenvalue weighted by atomic mass is 9.80. The van der Waals surface area contributed by atoms with E-state index in [1.807, 2.05) is 18.2 Å². The van der Waals surface area contributed by atoms with Gasteiger partial charge < -0.3 is 5.11 Å². The van der Waals surface area contributed by atoms with Gasteiger partial charge in [0.2, 0.25) is 0 Å². The van der Waals surface area contributed by atoms with Crippen LogP contribution in [-0.4, -0.2) is 5.11 Å². The number of hydrogen-bond donors (Lipinski definition) is 1. The summed E-state index contributed by atoms with van der Waals surface area (Å²) in [6.07, 6.45) is 5.57. The molecule has 0 bridgehead atoms. The number of phenolic OH excluding ortho intramolecular Hbond substituents is 1. The van der Waals surface area contributed by atoms with Crippen molar-refractivity contribution in [3.63, 3.8) is 0 Å². The zero-order valence-corrected chi connectivity index (χ0v) is 10.4. The average molecular weight is 224 g/mol. The summed E-state index contributed by atoms with van der Waals surface area (Å²) in [5.74, 6) is 3.03. The Bertz CT molecular complexity index is 610. The molecule has 86 valence electrons. The molecule has 0 saturated heterocycles. The molecule has 0 fully saturated rings. The Hall–Kier alpha value is -1.94. The number of benzene rings is 2. The summed E-state index contributed by atoms with van der Waals surface area (Å²) in [5, 5.41) is 11.6. The molecular weight excluding hydrogens is 208 g/mol. The summed E-state index contributed by atoms with van der Waals surface area (Å²) in [6, 6.07) is 9.32. The van der Waals surface area contributed by atoms with E-state index in [0.29, 0.717) is 0 Å². The fourth-order valence-electron chi connectivity index (χ4n) is 2.25. The fourth-order valence-corrected chi connectivity index (χ4v) is 2.25. The van der Waals surface area contributed by atoms with Crippen LogP contribution in [0.5, 0.6) is 5.75 Å². The van der Waals surface area contributed by atoms with Gasteiger partial charge in [-0.3, -0.25) is 0 Å². The monoisotopic (exact) mass is 224 g/mol. The summed E-state index contributed by atoms with van der Waals surface area (Å²) < 4.78 is 0. The third-order valence-electron chi connectivity index (χ3n) is 2.91. The van der Waals surface area contributed by atoms with Gasteiger partial charge in [-0.25, -0.2) is 0 Å². The van der Waals surface area contributed by atoms with E-state index >= 15 is 0 Å². The van der Waals surface area contributed by atoms with Crippen molar-refractivity contribution in [1.82, 2.24) is 0 Å². The van der Waals surface area contributed by atoms with Crippen molar-refractivity contribution >= 4 is 10.8 Å². The maximum absolute atomic E-state index is 9.51. The van der Waals surface area contributed by atoms with Gasteiger partial charge in [-0.2, -0.15) is 0 Å². The van der Waals surface area contributed by atoms with Gasteiger partial charge in [0.25, 0.3) is 0 Å². The minimum Gasteiger partial charge on any atom is -0.508 e. The van der Waals surface area contributed by atoms with E-state index in [0.717, 1.165) is 21.9 Å². The second kappa shape index (κ2) is 3.82. The molecule has 2 rings (SSSR count). The SMILES string of the molecule is C#Cc1ccc2cc(O)ccc2c1C(C)(C)C. The van der Waals surface area contributed by atoms with Gasteiger partial charge in [-0.05, 0) is 39.9 Å². The third kappa shape index (κ3) is 1.99. The number of rotatable bonds is 0. The van der Waals surface area contributed by atoms with Crippen LogP contribution in [0.25, 0.3) is 10.8 Å². The molecule has 2 aromatic carbocycles. The Balaban J connectivity index is 2.90. The molecule has 1 nitrogen and oxygen atoms in total. The Morgan fingerprint density at radius 1 is 1.12 bits per heavy atom. The van der Waals surface area contributed by atoms with E-state index in [4.69, 9.17) is 6.42 Å². The van der Waals surface area contributed by atoms with Crippen LogP contribution < -0.4 is 0 Å². The highest BCUT2D eigenvalue weighted by Crippen LogP contribution is 2.34. The van der Waals surface area contributed by atoms with Crippen molar-refractivity contribution in [2.75, 3.05) is 0 Å². The second-order valence-electron chi connectivity index (χ2n) is 5.29. The van der Waals surface area contributed by atoms with Crippen LogP contribution in [0, 0.1) is 12.3 Å². The van der Waals surface area contributed by atoms with Crippen molar-refractivity contribution in [2.45, 2.75) is 26.2 Å². The van der Waals surface area contributed by atoms with Gasteiger partial charge in [0, 0.05) is 5.56 Å². The van der Waals surface area contributed by atoms with E-state index in [1.165, 1.54) is 0 Å². The number of fused-ring (bicyclic) bond motifs is 1. The van der Waals surface area contributed by atoms with Crippen LogP contribution >= 0.6 is 0 Å². The highest BCUT2D eigenvalue weighted by Gasteiger charge is 2.20. The van der Waals surface area contributed by atoms with E-state index in [-0.39, 0.29) is 11.2 Å². The zero-order chi connectivity index (χ0) is 12.6. The maximum Gasteiger partial charge on any atom is 0.116 e. The Morgan fingerprint density at radius 3 is 2.41 bits per heavy atom. The summed E-state index contributed by atoms with van der Waals surface area (Å²) >= 11 is 0. The van der Waals surface area contributed by atoms with Gasteiger partial charge in [-0.1, -0.05) is 38.8 Å². The smallest absolute Gasteiger partial charge is 0.116 e. The van der Waals surface area contributed by atoms with E-state index in [1.54, 1.807) is 12.1 Å². The Morgan fingerprint density at radius 2 is 1.82 bits per heavy atom. The average Bonchev–Trinajstić information content (AvgIpc) is 2.25. The Labute approximate surface area is 102 Å². The minimum atomic E-state index is -0.0157. The lowest BCUT2D eigenvalue weighted by Gasteiger charge is -2.23. The highest BCUT2D eigenvalue weighted by molar-refractivity contribution is 5.89. The molecule has 0 amide bonds. The predicted octanol–water partition coefficient (Wildman–Crippen LogP) is 3.82. The Kier molecular flexibility index (Phi) is 2.59. The van der Waals surface area contributed by atoms with Crippen molar-refractivity contribution in [2.24, 2.45) is 0 Å². The van der Waals surface area contributed by atoms with Crippen molar-refractivity contribution < 1.29 is 5.11 Å². The largest absolute Gasteiger partial charge is 0.508 e. The highest BCUT2D eigenvalue weighted by atomic mass is 16.3. The molecule has 1 heteroatoms. The lowest BCUT2D eigenvalue weighted by Crippen LogP contribution is -2.14. The first-order valence-corrected chi connectivity index (χ1v) is 5.66. The molecule has 2 aromatic rings. The first-order chi connectivity index (χ1) is 7.93. The molecule has 0 unspecified atom stereocenters. The molecule has 0 aliphatic carbocycles. The second-order valence-corrected chi connectivity index (χ2v) is 5.29. The number of phenols is 1. The topological polar surface area (TPSA) is 20.2 Å². The fraction of sp³-hybridized carbons (Fsp3) is 0.250. The molecule has 1 N–H and O–H groups in total. The molecule has 0 aromatic heterocycles. The van der Waals surface area contributed by atoms with Crippen LogP contribution in [0.4, 0.5) is 0 Å². The standard InChI is InChI=1S/C16H16O/c1-5-11-6-7-12-10-13(17)8-9-14(12)15(11)16(2,3)4/h1,6-10,17H,2-4H3. The first-order valence-electron chi connectivity index (χ1n) is 5.66. The van der Waals surface area contributed by atoms with Crippen LogP contribution in [-0.2, 0) is 5.41 Å². The summed E-state index contributed by atoms with van der Waals surface area (Å²) in [4.78, 5) is 0. The normalized spacial score (nSPS) is 11.4. The van der Waals surface area contributed by atoms with Gasteiger partial charge >= 0.3 is 0 Å². The maximum atomic E-state index is 9.51. The number of aromatic hydroxyl groups is 1. The number of hydrogen-bond acceptors (Lipinski definition) is 1. The van der Waals surface area contributed by atoms with Crippen molar-refractivity contribution in [3.8, 4) is 18.1 Å². The molecule has 0 aliphatic heterocycles. The predicted molar refractivity (Wildman–Crippen MR) is 72.2 cm³/mol. The van der Waals surface area contributed by atoms with Crippen molar-refractivity contribution in [1.29, 1.82) is 0 Å². The molecule has 17 heavy (non-hydrogen) atoms. The van der Waals surface area contributed by atoms with Gasteiger partial charge in [0.15, 0.2) is 0 Å². The molecule has 0 radical (unpaired) electrons. The summed E-state index contributed by atoms with van der Waals surface area (Å²) in [6.45, 7) is 6.44. The van der Waals surface area contributed by atoms with E-state index < -0.39 is 0 Å². The minimum absolute atomic E-state index is 0.0157. The molecule has 0 saturated carbocycles. The van der Waals surface area contributed by atoms with Gasteiger partial charge in [0.05, 0.1) is 0 Å². The molecule has 0 aliphatic rings. The molecule has 0 heterocycles. The van der Waals surface area contributed by atoms with Gasteiger partial charge in [0.1, 0.15) is 5.75 Å². The summed E-state index contributed by atoms with van der Waals surface area (Å²) in [7, 11) is 0. The third-order valence-corrected chi connectivity index (χ3v) is 2.91. The lowest BCUT2D eigenvalue weighted by molar-refractivity contribution is 0.476. The molecule has 0 atom stereocenters. The van der Waals surface area contributed by atoms with Crippen LogP contribution in [0.1, 0.15) is 31.9 Å². The molecular formula is C16H16O. The summed E-state index contributed by atoms with van der Waals surface area (Å²) in [5.41, 5.74) is 2.08. The van der Waals surface area contributed by atoms with Crippen LogP contribution in [0.2, 0.25) is 0 Å². The van der Waals surface area contributed by atoms with Crippen LogP contribution in [0.15, 0.2) is 30.3 Å². The zero-order valence-electron chi connectivity index (χ0n) is 10.4. The van der Waals surface area contributed by atoms with Crippen LogP contribution in [0.3, 0.4) is 0 Å². The molecule has 0 spiro atoms. The quantitative estimate of drug-likeness (QED) is 0.674. The number of terminal acetylenes is 1. The van der Waals surface area contributed by atoms with E-state index in [9.17, 15) is 5.11 Å². The first kappa shape index (κ1) is 11.5. The van der Waals surface area contributed by atoms with E-state index in [2.05, 4.69) is 26.7 Å². The van der Waals surface area contributed by atoms with Gasteiger partial charge in [-0.15, -0.1) is 6.42 Å².